The zero-order valence-electron chi connectivity index (χ0n) is 14.2. The number of thiophene rings is 2. The molecule has 0 bridgehead atoms. The summed E-state index contributed by atoms with van der Waals surface area (Å²) in [6.45, 7) is 4.00. The van der Waals surface area contributed by atoms with Crippen molar-refractivity contribution in [3.8, 4) is 0 Å². The average molecular weight is 378 g/mol. The molecule has 2 aromatic rings. The molecular weight excluding hydrogens is 354 g/mol. The summed E-state index contributed by atoms with van der Waals surface area (Å²) >= 11 is 3.29. The van der Waals surface area contributed by atoms with Crippen LogP contribution in [0.5, 0.6) is 0 Å². The summed E-state index contributed by atoms with van der Waals surface area (Å²) in [6, 6.07) is 5.91. The highest BCUT2D eigenvalue weighted by Crippen LogP contribution is 2.23. The van der Waals surface area contributed by atoms with Gasteiger partial charge in [0, 0.05) is 30.6 Å². The molecule has 2 atom stereocenters. The van der Waals surface area contributed by atoms with Gasteiger partial charge in [0.1, 0.15) is 0 Å². The Kier molecular flexibility index (Phi) is 6.23. The van der Waals surface area contributed by atoms with E-state index in [1.54, 1.807) is 22.7 Å². The minimum absolute atomic E-state index is 0.0127. The van der Waals surface area contributed by atoms with Crippen LogP contribution in [-0.2, 0) is 22.6 Å². The maximum Gasteiger partial charge on any atom is 0.237 e. The number of likely N-dealkylation sites (tertiary alicyclic amines) is 1. The molecule has 2 N–H and O–H groups in total. The van der Waals surface area contributed by atoms with E-state index in [0.717, 1.165) is 12.1 Å². The second kappa shape index (κ2) is 8.60. The van der Waals surface area contributed by atoms with E-state index in [4.69, 9.17) is 0 Å². The third-order valence-corrected chi connectivity index (χ3v) is 5.90. The minimum atomic E-state index is -0.187. The van der Waals surface area contributed by atoms with Crippen LogP contribution in [-0.4, -0.2) is 41.9 Å². The SMILES string of the molecule is CCNC(=O)[C@@H]1C[C@@H](NC(=O)Cc2ccsc2)CN1Cc1cccs1. The number of hydrogen-bond donors (Lipinski definition) is 2. The second-order valence-corrected chi connectivity index (χ2v) is 8.04. The number of carbonyl (C=O) groups excluding carboxylic acids is 2. The monoisotopic (exact) mass is 377 g/mol. The van der Waals surface area contributed by atoms with Gasteiger partial charge in [0.05, 0.1) is 12.5 Å². The topological polar surface area (TPSA) is 61.4 Å². The van der Waals surface area contributed by atoms with E-state index in [1.165, 1.54) is 4.88 Å². The van der Waals surface area contributed by atoms with Gasteiger partial charge in [-0.05, 0) is 47.2 Å². The first-order valence-corrected chi connectivity index (χ1v) is 10.3. The van der Waals surface area contributed by atoms with Crippen molar-refractivity contribution in [3.05, 3.63) is 44.8 Å². The highest BCUT2D eigenvalue weighted by molar-refractivity contribution is 7.09. The Labute approximate surface area is 156 Å². The van der Waals surface area contributed by atoms with E-state index < -0.39 is 0 Å². The third-order valence-electron chi connectivity index (χ3n) is 4.31. The van der Waals surface area contributed by atoms with Gasteiger partial charge in [-0.3, -0.25) is 14.5 Å². The van der Waals surface area contributed by atoms with E-state index in [2.05, 4.69) is 21.6 Å². The van der Waals surface area contributed by atoms with E-state index >= 15 is 0 Å². The van der Waals surface area contributed by atoms with Gasteiger partial charge in [0.15, 0.2) is 0 Å². The van der Waals surface area contributed by atoms with Crippen molar-refractivity contribution in [2.45, 2.75) is 38.4 Å². The molecule has 0 radical (unpaired) electrons. The van der Waals surface area contributed by atoms with Crippen molar-refractivity contribution in [2.75, 3.05) is 13.1 Å². The highest BCUT2D eigenvalue weighted by Gasteiger charge is 2.37. The van der Waals surface area contributed by atoms with Crippen molar-refractivity contribution in [3.63, 3.8) is 0 Å². The van der Waals surface area contributed by atoms with Crippen molar-refractivity contribution in [2.24, 2.45) is 0 Å². The number of rotatable bonds is 7. The minimum Gasteiger partial charge on any atom is -0.355 e. The molecule has 1 aliphatic rings. The van der Waals surface area contributed by atoms with Crippen molar-refractivity contribution in [1.29, 1.82) is 0 Å². The first-order valence-electron chi connectivity index (χ1n) is 8.50. The van der Waals surface area contributed by atoms with Gasteiger partial charge < -0.3 is 10.6 Å². The lowest BCUT2D eigenvalue weighted by Gasteiger charge is -2.22. The van der Waals surface area contributed by atoms with Gasteiger partial charge in [-0.1, -0.05) is 6.07 Å². The largest absolute Gasteiger partial charge is 0.355 e. The first-order chi connectivity index (χ1) is 12.2. The molecular formula is C18H23N3O2S2. The summed E-state index contributed by atoms with van der Waals surface area (Å²) in [6.07, 6.45) is 1.06. The molecule has 134 valence electrons. The maximum absolute atomic E-state index is 12.4. The molecule has 1 saturated heterocycles. The molecule has 0 aromatic carbocycles. The Balaban J connectivity index is 1.61. The molecule has 2 amide bonds. The molecule has 25 heavy (non-hydrogen) atoms. The van der Waals surface area contributed by atoms with Crippen LogP contribution in [0.25, 0.3) is 0 Å². The van der Waals surface area contributed by atoms with Crippen LogP contribution in [0.3, 0.4) is 0 Å². The van der Waals surface area contributed by atoms with Crippen LogP contribution in [0.2, 0.25) is 0 Å². The molecule has 5 nitrogen and oxygen atoms in total. The van der Waals surface area contributed by atoms with Crippen LogP contribution in [0.15, 0.2) is 34.3 Å². The van der Waals surface area contributed by atoms with E-state index in [9.17, 15) is 9.59 Å². The predicted octanol–water partition coefficient (Wildman–Crippen LogP) is 2.25. The molecule has 1 fully saturated rings. The second-order valence-electron chi connectivity index (χ2n) is 6.23. The number of likely N-dealkylation sites (N-methyl/N-ethyl adjacent to an activating group) is 1. The average Bonchev–Trinajstić information content (AvgIpc) is 3.30. The molecule has 3 rings (SSSR count). The summed E-state index contributed by atoms with van der Waals surface area (Å²) in [7, 11) is 0. The van der Waals surface area contributed by atoms with E-state index in [0.29, 0.717) is 25.9 Å². The molecule has 0 unspecified atom stereocenters. The van der Waals surface area contributed by atoms with Gasteiger partial charge in [-0.2, -0.15) is 11.3 Å². The summed E-state index contributed by atoms with van der Waals surface area (Å²) in [5.74, 6) is 0.0738. The van der Waals surface area contributed by atoms with Crippen LogP contribution < -0.4 is 10.6 Å². The van der Waals surface area contributed by atoms with Gasteiger partial charge in [-0.25, -0.2) is 0 Å². The lowest BCUT2D eigenvalue weighted by atomic mass is 10.1. The van der Waals surface area contributed by atoms with Crippen LogP contribution >= 0.6 is 22.7 Å². The predicted molar refractivity (Wildman–Crippen MR) is 102 cm³/mol. The zero-order valence-corrected chi connectivity index (χ0v) is 15.9. The molecule has 7 heteroatoms. The van der Waals surface area contributed by atoms with Gasteiger partial charge >= 0.3 is 0 Å². The van der Waals surface area contributed by atoms with E-state index in [1.807, 2.05) is 35.2 Å². The molecule has 0 saturated carbocycles. The number of amides is 2. The fraction of sp³-hybridized carbons (Fsp3) is 0.444. The fourth-order valence-electron chi connectivity index (χ4n) is 3.21. The molecule has 0 aliphatic carbocycles. The molecule has 0 spiro atoms. The van der Waals surface area contributed by atoms with Gasteiger partial charge in [0.2, 0.25) is 11.8 Å². The standard InChI is InChI=1S/C18H23N3O2S2/c1-2-19-18(23)16-9-14(10-21(16)11-15-4-3-6-25-15)20-17(22)8-13-5-7-24-12-13/h3-7,12,14,16H,2,8-11H2,1H3,(H,19,23)(H,20,22)/t14-,16+/m1/s1. The molecule has 2 aromatic heterocycles. The lowest BCUT2D eigenvalue weighted by Crippen LogP contribution is -2.42. The fourth-order valence-corrected chi connectivity index (χ4v) is 4.61. The Morgan fingerprint density at radius 2 is 2.20 bits per heavy atom. The van der Waals surface area contributed by atoms with Crippen molar-refractivity contribution in [1.82, 2.24) is 15.5 Å². The van der Waals surface area contributed by atoms with Crippen LogP contribution in [0.4, 0.5) is 0 Å². The first kappa shape index (κ1) is 18.1. The number of carbonyl (C=O) groups is 2. The third kappa shape index (κ3) is 4.90. The Hall–Kier alpha value is -1.70. The van der Waals surface area contributed by atoms with Crippen molar-refractivity contribution >= 4 is 34.5 Å². The number of hydrogen-bond acceptors (Lipinski definition) is 5. The normalized spacial score (nSPS) is 20.5. The van der Waals surface area contributed by atoms with E-state index in [-0.39, 0.29) is 23.9 Å². The maximum atomic E-state index is 12.4. The van der Waals surface area contributed by atoms with Crippen LogP contribution in [0, 0.1) is 0 Å². The van der Waals surface area contributed by atoms with Crippen molar-refractivity contribution < 1.29 is 9.59 Å². The highest BCUT2D eigenvalue weighted by atomic mass is 32.1. The lowest BCUT2D eigenvalue weighted by molar-refractivity contribution is -0.125. The van der Waals surface area contributed by atoms with Gasteiger partial charge in [-0.15, -0.1) is 11.3 Å². The smallest absolute Gasteiger partial charge is 0.237 e. The Morgan fingerprint density at radius 3 is 2.88 bits per heavy atom. The summed E-state index contributed by atoms with van der Waals surface area (Å²) in [4.78, 5) is 28.1. The molecule has 3 heterocycles. The Bertz CT molecular complexity index is 685. The van der Waals surface area contributed by atoms with Gasteiger partial charge in [0.25, 0.3) is 0 Å². The molecule has 1 aliphatic heterocycles. The summed E-state index contributed by atoms with van der Waals surface area (Å²) in [5, 5.41) is 12.0. The zero-order chi connectivity index (χ0) is 17.6. The van der Waals surface area contributed by atoms with Crippen LogP contribution in [0.1, 0.15) is 23.8 Å². The number of nitrogens with one attached hydrogen (secondary N) is 2. The Morgan fingerprint density at radius 1 is 1.32 bits per heavy atom. The number of nitrogens with zero attached hydrogens (tertiary/aromatic N) is 1. The summed E-state index contributed by atoms with van der Waals surface area (Å²) in [5.41, 5.74) is 1.04. The summed E-state index contributed by atoms with van der Waals surface area (Å²) < 4.78 is 0. The quantitative estimate of drug-likeness (QED) is 0.778.